The predicted octanol–water partition coefficient (Wildman–Crippen LogP) is 0.685. The summed E-state index contributed by atoms with van der Waals surface area (Å²) in [7, 11) is 0. The van der Waals surface area contributed by atoms with Gasteiger partial charge in [-0.1, -0.05) is 0 Å². The molecule has 4 heteroatoms. The van der Waals surface area contributed by atoms with Crippen molar-refractivity contribution in [2.45, 2.75) is 32.2 Å². The van der Waals surface area contributed by atoms with Gasteiger partial charge in [-0.2, -0.15) is 0 Å². The maximum atomic E-state index is 11.0. The summed E-state index contributed by atoms with van der Waals surface area (Å²) in [5, 5.41) is 15.8. The largest absolute Gasteiger partial charge is 0.481 e. The van der Waals surface area contributed by atoms with Crippen molar-refractivity contribution in [2.75, 3.05) is 19.6 Å². The number of hydrogen-bond acceptors (Lipinski definition) is 3. The summed E-state index contributed by atoms with van der Waals surface area (Å²) in [6.45, 7) is 4.95. The molecular formula is C12H22N2O2. The number of aliphatic carboxylic acids is 1. The van der Waals surface area contributed by atoms with Gasteiger partial charge in [0.05, 0.1) is 5.92 Å². The molecule has 0 aromatic rings. The fourth-order valence-electron chi connectivity index (χ4n) is 3.12. The van der Waals surface area contributed by atoms with Crippen LogP contribution in [0.4, 0.5) is 0 Å². The topological polar surface area (TPSA) is 61.4 Å². The first-order valence-electron chi connectivity index (χ1n) is 6.33. The highest BCUT2D eigenvalue weighted by molar-refractivity contribution is 5.70. The zero-order valence-electron chi connectivity index (χ0n) is 9.91. The molecule has 2 saturated heterocycles. The molecular weight excluding hydrogens is 204 g/mol. The maximum Gasteiger partial charge on any atom is 0.307 e. The van der Waals surface area contributed by atoms with Gasteiger partial charge in [-0.25, -0.2) is 0 Å². The highest BCUT2D eigenvalue weighted by Crippen LogP contribution is 2.31. The monoisotopic (exact) mass is 226 g/mol. The highest BCUT2D eigenvalue weighted by atomic mass is 16.4. The van der Waals surface area contributed by atoms with E-state index in [2.05, 4.69) is 17.6 Å². The molecule has 0 aromatic carbocycles. The number of rotatable bonds is 2. The molecule has 16 heavy (non-hydrogen) atoms. The van der Waals surface area contributed by atoms with Crippen molar-refractivity contribution in [1.29, 1.82) is 0 Å². The van der Waals surface area contributed by atoms with Crippen LogP contribution in [0.25, 0.3) is 0 Å². The van der Waals surface area contributed by atoms with Gasteiger partial charge in [0.2, 0.25) is 0 Å². The van der Waals surface area contributed by atoms with Gasteiger partial charge >= 0.3 is 5.97 Å². The zero-order chi connectivity index (χ0) is 11.5. The van der Waals surface area contributed by atoms with Gasteiger partial charge in [-0.05, 0) is 51.1 Å². The van der Waals surface area contributed by atoms with Crippen LogP contribution in [0.2, 0.25) is 0 Å². The van der Waals surface area contributed by atoms with Crippen molar-refractivity contribution >= 4 is 5.97 Å². The smallest absolute Gasteiger partial charge is 0.307 e. The van der Waals surface area contributed by atoms with E-state index in [0.717, 1.165) is 19.5 Å². The summed E-state index contributed by atoms with van der Waals surface area (Å²) < 4.78 is 0. The summed E-state index contributed by atoms with van der Waals surface area (Å²) in [6, 6.07) is 0.587. The Morgan fingerprint density at radius 3 is 2.75 bits per heavy atom. The first-order chi connectivity index (χ1) is 7.66. The highest BCUT2D eigenvalue weighted by Gasteiger charge is 2.33. The van der Waals surface area contributed by atoms with Crippen molar-refractivity contribution in [3.63, 3.8) is 0 Å². The Morgan fingerprint density at radius 2 is 2.06 bits per heavy atom. The first-order valence-corrected chi connectivity index (χ1v) is 6.33. The van der Waals surface area contributed by atoms with E-state index in [1.54, 1.807) is 0 Å². The average Bonchev–Trinajstić information content (AvgIpc) is 2.29. The molecule has 2 aliphatic heterocycles. The Balaban J connectivity index is 1.90. The van der Waals surface area contributed by atoms with E-state index >= 15 is 0 Å². The minimum Gasteiger partial charge on any atom is -0.481 e. The summed E-state index contributed by atoms with van der Waals surface area (Å²) >= 11 is 0. The molecule has 2 heterocycles. The van der Waals surface area contributed by atoms with Gasteiger partial charge in [0.15, 0.2) is 0 Å². The molecule has 0 aromatic heterocycles. The van der Waals surface area contributed by atoms with Crippen LogP contribution in [0.15, 0.2) is 0 Å². The van der Waals surface area contributed by atoms with Crippen LogP contribution in [0.3, 0.4) is 0 Å². The van der Waals surface area contributed by atoms with Gasteiger partial charge < -0.3 is 15.7 Å². The van der Waals surface area contributed by atoms with Crippen LogP contribution >= 0.6 is 0 Å². The molecule has 2 aliphatic rings. The summed E-state index contributed by atoms with van der Waals surface area (Å²) in [4.78, 5) is 11.0. The van der Waals surface area contributed by atoms with Gasteiger partial charge in [0.25, 0.3) is 0 Å². The van der Waals surface area contributed by atoms with Crippen LogP contribution < -0.4 is 10.6 Å². The summed E-state index contributed by atoms with van der Waals surface area (Å²) in [5.74, 6) is 0.438. The van der Waals surface area contributed by atoms with Crippen LogP contribution in [0.5, 0.6) is 0 Å². The number of piperidine rings is 2. The second kappa shape index (κ2) is 5.15. The number of nitrogens with one attached hydrogen (secondary N) is 2. The first kappa shape index (κ1) is 11.9. The SMILES string of the molecule is CC1CC(C2CNCC(C(=O)O)C2)CCN1. The predicted molar refractivity (Wildman–Crippen MR) is 62.3 cm³/mol. The van der Waals surface area contributed by atoms with E-state index < -0.39 is 5.97 Å². The fraction of sp³-hybridized carbons (Fsp3) is 0.917. The van der Waals surface area contributed by atoms with E-state index in [1.165, 1.54) is 12.8 Å². The molecule has 3 N–H and O–H groups in total. The Bertz CT molecular complexity index is 257. The Morgan fingerprint density at radius 1 is 1.25 bits per heavy atom. The zero-order valence-corrected chi connectivity index (χ0v) is 9.91. The minimum atomic E-state index is -0.640. The molecule has 0 amide bonds. The summed E-state index contributed by atoms with van der Waals surface area (Å²) in [6.07, 6.45) is 3.25. The molecule has 0 spiro atoms. The third-order valence-corrected chi connectivity index (χ3v) is 4.06. The molecule has 92 valence electrons. The maximum absolute atomic E-state index is 11.0. The van der Waals surface area contributed by atoms with Crippen molar-refractivity contribution < 1.29 is 9.90 Å². The lowest BCUT2D eigenvalue weighted by molar-refractivity contribution is -0.143. The molecule has 4 atom stereocenters. The fourth-order valence-corrected chi connectivity index (χ4v) is 3.12. The number of carboxylic acids is 1. The van der Waals surface area contributed by atoms with Crippen molar-refractivity contribution in [2.24, 2.45) is 17.8 Å². The van der Waals surface area contributed by atoms with Gasteiger partial charge in [0.1, 0.15) is 0 Å². The number of carboxylic acid groups (broad SMARTS) is 1. The lowest BCUT2D eigenvalue weighted by Crippen LogP contribution is -2.46. The van der Waals surface area contributed by atoms with Crippen LogP contribution in [0.1, 0.15) is 26.2 Å². The number of hydrogen-bond donors (Lipinski definition) is 3. The Hall–Kier alpha value is -0.610. The molecule has 2 fully saturated rings. The van der Waals surface area contributed by atoms with E-state index in [1.807, 2.05) is 0 Å². The van der Waals surface area contributed by atoms with E-state index in [-0.39, 0.29) is 5.92 Å². The second-order valence-corrected chi connectivity index (χ2v) is 5.33. The molecule has 0 saturated carbocycles. The van der Waals surface area contributed by atoms with Crippen LogP contribution in [-0.2, 0) is 4.79 Å². The quantitative estimate of drug-likeness (QED) is 0.648. The molecule has 0 radical (unpaired) electrons. The second-order valence-electron chi connectivity index (χ2n) is 5.33. The van der Waals surface area contributed by atoms with Gasteiger partial charge in [0, 0.05) is 12.6 Å². The molecule has 4 nitrogen and oxygen atoms in total. The molecule has 4 unspecified atom stereocenters. The molecule has 0 aliphatic carbocycles. The third kappa shape index (κ3) is 2.74. The van der Waals surface area contributed by atoms with Crippen LogP contribution in [0, 0.1) is 17.8 Å². The number of carbonyl (C=O) groups is 1. The van der Waals surface area contributed by atoms with E-state index in [4.69, 9.17) is 5.11 Å². The van der Waals surface area contributed by atoms with Crippen molar-refractivity contribution in [3.8, 4) is 0 Å². The Kier molecular flexibility index (Phi) is 3.82. The standard InChI is InChI=1S/C12H22N2O2/c1-8-4-9(2-3-14-8)10-5-11(12(15)16)7-13-6-10/h8-11,13-14H,2-7H2,1H3,(H,15,16). The van der Waals surface area contributed by atoms with E-state index in [0.29, 0.717) is 24.4 Å². The lowest BCUT2D eigenvalue weighted by atomic mass is 9.76. The molecule has 0 bridgehead atoms. The van der Waals surface area contributed by atoms with Gasteiger partial charge in [-0.3, -0.25) is 4.79 Å². The van der Waals surface area contributed by atoms with Crippen molar-refractivity contribution in [1.82, 2.24) is 10.6 Å². The molecule has 2 rings (SSSR count). The summed E-state index contributed by atoms with van der Waals surface area (Å²) in [5.41, 5.74) is 0. The normalized spacial score (nSPS) is 40.6. The van der Waals surface area contributed by atoms with Crippen LogP contribution in [-0.4, -0.2) is 36.8 Å². The van der Waals surface area contributed by atoms with Crippen molar-refractivity contribution in [3.05, 3.63) is 0 Å². The average molecular weight is 226 g/mol. The van der Waals surface area contributed by atoms with Gasteiger partial charge in [-0.15, -0.1) is 0 Å². The third-order valence-electron chi connectivity index (χ3n) is 4.06. The van der Waals surface area contributed by atoms with E-state index in [9.17, 15) is 4.79 Å². The Labute approximate surface area is 96.8 Å². The lowest BCUT2D eigenvalue weighted by Gasteiger charge is -2.37. The minimum absolute atomic E-state index is 0.177.